The third-order valence-corrected chi connectivity index (χ3v) is 4.91. The summed E-state index contributed by atoms with van der Waals surface area (Å²) in [6.07, 6.45) is 0. The first kappa shape index (κ1) is 12.7. The van der Waals surface area contributed by atoms with Gasteiger partial charge in [-0.15, -0.1) is 0 Å². The van der Waals surface area contributed by atoms with Crippen LogP contribution >= 0.6 is 63.7 Å². The Hall–Kier alpha value is 0.220. The second-order valence-electron chi connectivity index (χ2n) is 3.14. The molecule has 0 saturated carbocycles. The predicted octanol–water partition coefficient (Wildman–Crippen LogP) is 5.30. The van der Waals surface area contributed by atoms with Crippen molar-refractivity contribution in [1.29, 1.82) is 0 Å². The Morgan fingerprint density at radius 3 is 1.50 bits per heavy atom. The summed E-state index contributed by atoms with van der Waals surface area (Å²) in [6, 6.07) is 3.56. The molecule has 0 spiro atoms. The summed E-state index contributed by atoms with van der Waals surface area (Å²) in [6.45, 7) is 0. The van der Waals surface area contributed by atoms with Gasteiger partial charge in [-0.05, 0) is 81.2 Å². The minimum Gasteiger partial charge on any atom is -0.506 e. The zero-order valence-electron chi connectivity index (χ0n) is 7.56. The van der Waals surface area contributed by atoms with Crippen molar-refractivity contribution in [3.05, 3.63) is 30.0 Å². The maximum absolute atomic E-state index is 9.78. The summed E-state index contributed by atoms with van der Waals surface area (Å²) in [5.74, 6) is 0.213. The third-order valence-electron chi connectivity index (χ3n) is 2.16. The van der Waals surface area contributed by atoms with Crippen molar-refractivity contribution >= 4 is 74.5 Å². The van der Waals surface area contributed by atoms with Crippen molar-refractivity contribution in [3.8, 4) is 11.5 Å². The average molecular weight is 476 g/mol. The number of rotatable bonds is 0. The van der Waals surface area contributed by atoms with E-state index in [0.717, 1.165) is 10.8 Å². The molecule has 2 aromatic carbocycles. The fourth-order valence-corrected chi connectivity index (χ4v) is 4.36. The number of aromatic hydroxyl groups is 2. The molecule has 0 aliphatic heterocycles. The molecule has 0 radical (unpaired) electrons. The molecule has 0 atom stereocenters. The average Bonchev–Trinajstić information content (AvgIpc) is 2.23. The maximum atomic E-state index is 9.78. The highest BCUT2D eigenvalue weighted by molar-refractivity contribution is 9.12. The number of phenols is 2. The molecule has 16 heavy (non-hydrogen) atoms. The summed E-state index contributed by atoms with van der Waals surface area (Å²) in [7, 11) is 0. The molecule has 0 fully saturated rings. The van der Waals surface area contributed by atoms with Gasteiger partial charge in [0.2, 0.25) is 0 Å². The Kier molecular flexibility index (Phi) is 3.55. The third kappa shape index (κ3) is 1.89. The lowest BCUT2D eigenvalue weighted by Crippen LogP contribution is -1.82. The molecule has 2 rings (SSSR count). The summed E-state index contributed by atoms with van der Waals surface area (Å²) in [5, 5.41) is 21.2. The number of hydrogen-bond acceptors (Lipinski definition) is 2. The van der Waals surface area contributed by atoms with Gasteiger partial charge in [0, 0.05) is 5.39 Å². The number of halogens is 4. The zero-order valence-corrected chi connectivity index (χ0v) is 13.9. The van der Waals surface area contributed by atoms with E-state index in [0.29, 0.717) is 17.9 Å². The topological polar surface area (TPSA) is 40.5 Å². The SMILES string of the molecule is Oc1c(Br)cc2cc(Br)c(O)c(Br)c2c1Br. The van der Waals surface area contributed by atoms with Crippen LogP contribution in [0, 0.1) is 0 Å². The van der Waals surface area contributed by atoms with Gasteiger partial charge in [-0.3, -0.25) is 0 Å². The minimum atomic E-state index is 0.106. The van der Waals surface area contributed by atoms with Gasteiger partial charge in [-0.25, -0.2) is 0 Å². The standard InChI is InChI=1S/C10H4Br4O2/c11-4-1-3-2-5(12)10(16)8(14)6(3)7(13)9(4)15/h1-2,15-16H. The van der Waals surface area contributed by atoms with E-state index in [2.05, 4.69) is 63.7 Å². The molecule has 0 aliphatic rings. The second kappa shape index (κ2) is 4.48. The Morgan fingerprint density at radius 1 is 0.750 bits per heavy atom. The molecule has 0 unspecified atom stereocenters. The van der Waals surface area contributed by atoms with Crippen molar-refractivity contribution < 1.29 is 10.2 Å². The monoisotopic (exact) mass is 472 g/mol. The van der Waals surface area contributed by atoms with Crippen molar-refractivity contribution in [3.63, 3.8) is 0 Å². The lowest BCUT2D eigenvalue weighted by Gasteiger charge is -2.10. The van der Waals surface area contributed by atoms with Crippen molar-refractivity contribution in [2.24, 2.45) is 0 Å². The van der Waals surface area contributed by atoms with Gasteiger partial charge < -0.3 is 10.2 Å². The quantitative estimate of drug-likeness (QED) is 0.543. The zero-order chi connectivity index (χ0) is 12.0. The Bertz CT molecular complexity index is 547. The van der Waals surface area contributed by atoms with Gasteiger partial charge in [0.25, 0.3) is 0 Å². The summed E-state index contributed by atoms with van der Waals surface area (Å²) >= 11 is 13.1. The molecule has 0 aliphatic carbocycles. The maximum Gasteiger partial charge on any atom is 0.144 e. The summed E-state index contributed by atoms with van der Waals surface area (Å²) in [5.41, 5.74) is 0. The van der Waals surface area contributed by atoms with Crippen LogP contribution in [0.1, 0.15) is 0 Å². The lowest BCUT2D eigenvalue weighted by atomic mass is 10.1. The second-order valence-corrected chi connectivity index (χ2v) is 6.43. The predicted molar refractivity (Wildman–Crippen MR) is 78.1 cm³/mol. The van der Waals surface area contributed by atoms with Crippen molar-refractivity contribution in [2.45, 2.75) is 0 Å². The van der Waals surface area contributed by atoms with Crippen LogP contribution in [0.3, 0.4) is 0 Å². The molecule has 2 nitrogen and oxygen atoms in total. The molecule has 2 aromatic rings. The molecule has 84 valence electrons. The molecule has 0 heterocycles. The van der Waals surface area contributed by atoms with Crippen molar-refractivity contribution in [1.82, 2.24) is 0 Å². The number of benzene rings is 2. The fourth-order valence-electron chi connectivity index (χ4n) is 1.39. The van der Waals surface area contributed by atoms with Crippen LogP contribution in [0.25, 0.3) is 10.8 Å². The van der Waals surface area contributed by atoms with Crippen LogP contribution in [0.4, 0.5) is 0 Å². The van der Waals surface area contributed by atoms with Crippen LogP contribution in [0.2, 0.25) is 0 Å². The molecule has 0 aromatic heterocycles. The van der Waals surface area contributed by atoms with E-state index in [-0.39, 0.29) is 11.5 Å². The normalized spacial score (nSPS) is 11.0. The van der Waals surface area contributed by atoms with E-state index in [1.54, 1.807) is 12.1 Å². The Labute approximate surface area is 125 Å². The van der Waals surface area contributed by atoms with Gasteiger partial charge in [-0.1, -0.05) is 0 Å². The van der Waals surface area contributed by atoms with Crippen molar-refractivity contribution in [2.75, 3.05) is 0 Å². The first-order chi connectivity index (χ1) is 7.43. The van der Waals surface area contributed by atoms with E-state index in [9.17, 15) is 10.2 Å². The van der Waals surface area contributed by atoms with Gasteiger partial charge in [-0.2, -0.15) is 0 Å². The van der Waals surface area contributed by atoms with Crippen LogP contribution in [0.15, 0.2) is 30.0 Å². The largest absolute Gasteiger partial charge is 0.506 e. The molecule has 0 saturated heterocycles. The van der Waals surface area contributed by atoms with Crippen LogP contribution in [-0.4, -0.2) is 10.2 Å². The van der Waals surface area contributed by atoms with Crippen LogP contribution in [0.5, 0.6) is 11.5 Å². The summed E-state index contributed by atoms with van der Waals surface area (Å²) < 4.78 is 2.26. The van der Waals surface area contributed by atoms with Gasteiger partial charge in [0.1, 0.15) is 11.5 Å². The van der Waals surface area contributed by atoms with Gasteiger partial charge >= 0.3 is 0 Å². The van der Waals surface area contributed by atoms with E-state index in [4.69, 9.17) is 0 Å². The van der Waals surface area contributed by atoms with Crippen LogP contribution < -0.4 is 0 Å². The Morgan fingerprint density at radius 2 is 1.12 bits per heavy atom. The highest BCUT2D eigenvalue weighted by Gasteiger charge is 2.16. The van der Waals surface area contributed by atoms with E-state index >= 15 is 0 Å². The molecule has 6 heteroatoms. The van der Waals surface area contributed by atoms with Gasteiger partial charge in [0.15, 0.2) is 0 Å². The first-order valence-electron chi connectivity index (χ1n) is 4.11. The van der Waals surface area contributed by atoms with Crippen LogP contribution in [-0.2, 0) is 0 Å². The minimum absolute atomic E-state index is 0.106. The number of phenolic OH excluding ortho intramolecular Hbond substituents is 2. The van der Waals surface area contributed by atoms with E-state index < -0.39 is 0 Å². The molecular weight excluding hydrogens is 472 g/mol. The summed E-state index contributed by atoms with van der Waals surface area (Å²) in [4.78, 5) is 0. The number of hydrogen-bond donors (Lipinski definition) is 2. The van der Waals surface area contributed by atoms with E-state index in [1.807, 2.05) is 0 Å². The smallest absolute Gasteiger partial charge is 0.144 e. The molecule has 0 amide bonds. The first-order valence-corrected chi connectivity index (χ1v) is 7.28. The molecular formula is C10H4Br4O2. The molecule has 2 N–H and O–H groups in total. The van der Waals surface area contributed by atoms with Gasteiger partial charge in [0.05, 0.1) is 17.9 Å². The number of fused-ring (bicyclic) bond motifs is 1. The highest BCUT2D eigenvalue weighted by Crippen LogP contribution is 2.46. The lowest BCUT2D eigenvalue weighted by molar-refractivity contribution is 0.467. The highest BCUT2D eigenvalue weighted by atomic mass is 79.9. The molecule has 0 bridgehead atoms. The van der Waals surface area contributed by atoms with E-state index in [1.165, 1.54) is 0 Å². The fraction of sp³-hybridized carbons (Fsp3) is 0. The Balaban J connectivity index is 3.03.